The highest BCUT2D eigenvalue weighted by molar-refractivity contribution is 6.05. The van der Waals surface area contributed by atoms with Crippen molar-refractivity contribution < 1.29 is 9.21 Å². The molecule has 1 aliphatic heterocycles. The third-order valence-electron chi connectivity index (χ3n) is 5.10. The maximum Gasteiger partial charge on any atom is 0.264 e. The number of H-pyrrole nitrogens is 1. The molecule has 1 aliphatic rings. The highest BCUT2D eigenvalue weighted by Gasteiger charge is 2.31. The molecule has 27 heavy (non-hydrogen) atoms. The van der Waals surface area contributed by atoms with Crippen molar-refractivity contribution in [1.82, 2.24) is 20.1 Å². The van der Waals surface area contributed by atoms with E-state index in [2.05, 4.69) is 44.3 Å². The summed E-state index contributed by atoms with van der Waals surface area (Å²) in [5.74, 6) is 0.382. The number of carbonyl (C=O) groups is 1. The van der Waals surface area contributed by atoms with Gasteiger partial charge in [-0.3, -0.25) is 9.69 Å². The minimum Gasteiger partial charge on any atom is -0.472 e. The van der Waals surface area contributed by atoms with Crippen molar-refractivity contribution in [3.63, 3.8) is 0 Å². The third-order valence-corrected chi connectivity index (χ3v) is 5.10. The molecule has 7 heteroatoms. The summed E-state index contributed by atoms with van der Waals surface area (Å²) in [5.41, 5.74) is 1.89. The van der Waals surface area contributed by atoms with Gasteiger partial charge in [0.05, 0.1) is 11.8 Å². The Bertz CT molecular complexity index is 825. The molecular formula is C20H23N5O2. The number of hydrogen-bond acceptors (Lipinski definition) is 5. The lowest BCUT2D eigenvalue weighted by Crippen LogP contribution is -2.48. The van der Waals surface area contributed by atoms with Crippen LogP contribution in [0.25, 0.3) is 0 Å². The first-order chi connectivity index (χ1) is 13.3. The summed E-state index contributed by atoms with van der Waals surface area (Å²) >= 11 is 0. The minimum absolute atomic E-state index is 0.0910. The van der Waals surface area contributed by atoms with Gasteiger partial charge in [-0.2, -0.15) is 10.1 Å². The number of anilines is 1. The lowest BCUT2D eigenvalue weighted by atomic mass is 10.0. The van der Waals surface area contributed by atoms with Gasteiger partial charge in [0.1, 0.15) is 12.6 Å². The van der Waals surface area contributed by atoms with Gasteiger partial charge >= 0.3 is 0 Å². The Morgan fingerprint density at radius 3 is 2.70 bits per heavy atom. The number of hydrogen-bond donors (Lipinski definition) is 1. The van der Waals surface area contributed by atoms with Gasteiger partial charge in [0.25, 0.3) is 5.91 Å². The first-order valence-corrected chi connectivity index (χ1v) is 9.28. The highest BCUT2D eigenvalue weighted by Crippen LogP contribution is 2.23. The maximum absolute atomic E-state index is 13.0. The maximum atomic E-state index is 13.0. The first kappa shape index (κ1) is 17.5. The highest BCUT2D eigenvalue weighted by atomic mass is 16.3. The lowest BCUT2D eigenvalue weighted by Gasteiger charge is -2.37. The van der Waals surface area contributed by atoms with Gasteiger partial charge in [-0.25, -0.2) is 5.10 Å². The van der Waals surface area contributed by atoms with Crippen LogP contribution in [0.3, 0.4) is 0 Å². The van der Waals surface area contributed by atoms with Crippen LogP contribution in [-0.4, -0.2) is 51.7 Å². The van der Waals surface area contributed by atoms with E-state index >= 15 is 0 Å². The van der Waals surface area contributed by atoms with Gasteiger partial charge in [0.2, 0.25) is 5.95 Å². The fourth-order valence-corrected chi connectivity index (χ4v) is 3.61. The number of benzene rings is 1. The van der Waals surface area contributed by atoms with Crippen molar-refractivity contribution in [2.45, 2.75) is 25.3 Å². The second-order valence-corrected chi connectivity index (χ2v) is 6.80. The molecule has 0 atom stereocenters. The zero-order valence-corrected chi connectivity index (χ0v) is 15.1. The van der Waals surface area contributed by atoms with Crippen molar-refractivity contribution in [3.8, 4) is 0 Å². The van der Waals surface area contributed by atoms with Crippen LogP contribution in [-0.2, 0) is 6.42 Å². The molecule has 1 amide bonds. The summed E-state index contributed by atoms with van der Waals surface area (Å²) in [4.78, 5) is 21.4. The standard InChI is InChI=1S/C20H23N5O2/c26-19(17-9-13-27-14-17)25(20-21-15-22-23-20)18-7-11-24(12-8-18)10-6-16-4-2-1-3-5-16/h1-5,9,13-15,18H,6-8,10-12H2,(H,21,22,23). The second kappa shape index (κ2) is 8.18. The van der Waals surface area contributed by atoms with Gasteiger partial charge in [-0.1, -0.05) is 30.3 Å². The van der Waals surface area contributed by atoms with Crippen LogP contribution in [0, 0.1) is 0 Å². The number of carbonyl (C=O) groups excluding carboxylic acids is 1. The van der Waals surface area contributed by atoms with Crippen LogP contribution in [0.5, 0.6) is 0 Å². The normalized spacial score (nSPS) is 15.7. The fraction of sp³-hybridized carbons (Fsp3) is 0.350. The van der Waals surface area contributed by atoms with E-state index in [1.165, 1.54) is 24.4 Å². The number of aromatic nitrogens is 3. The molecule has 1 fully saturated rings. The Kier molecular flexibility index (Phi) is 5.29. The Balaban J connectivity index is 1.39. The topological polar surface area (TPSA) is 78.3 Å². The van der Waals surface area contributed by atoms with Crippen molar-refractivity contribution in [2.24, 2.45) is 0 Å². The van der Waals surface area contributed by atoms with E-state index in [1.54, 1.807) is 11.0 Å². The molecule has 1 aromatic carbocycles. The molecule has 2 aromatic heterocycles. The van der Waals surface area contributed by atoms with Gasteiger partial charge < -0.3 is 9.32 Å². The molecule has 0 bridgehead atoms. The molecule has 140 valence electrons. The summed E-state index contributed by atoms with van der Waals surface area (Å²) < 4.78 is 5.08. The Labute approximate surface area is 158 Å². The smallest absolute Gasteiger partial charge is 0.264 e. The van der Waals surface area contributed by atoms with Crippen molar-refractivity contribution in [2.75, 3.05) is 24.5 Å². The van der Waals surface area contributed by atoms with Crippen LogP contribution in [0.2, 0.25) is 0 Å². The van der Waals surface area contributed by atoms with E-state index in [4.69, 9.17) is 4.42 Å². The zero-order chi connectivity index (χ0) is 18.5. The van der Waals surface area contributed by atoms with Gasteiger partial charge in [-0.15, -0.1) is 0 Å². The number of furan rings is 1. The van der Waals surface area contributed by atoms with E-state index in [-0.39, 0.29) is 11.9 Å². The zero-order valence-electron chi connectivity index (χ0n) is 15.1. The summed E-state index contributed by atoms with van der Waals surface area (Å²) in [7, 11) is 0. The van der Waals surface area contributed by atoms with Crippen molar-refractivity contribution >= 4 is 11.9 Å². The van der Waals surface area contributed by atoms with E-state index in [0.717, 1.165) is 38.9 Å². The molecule has 1 N–H and O–H groups in total. The van der Waals surface area contributed by atoms with E-state index < -0.39 is 0 Å². The number of piperidine rings is 1. The quantitative estimate of drug-likeness (QED) is 0.727. The van der Waals surface area contributed by atoms with Crippen molar-refractivity contribution in [1.29, 1.82) is 0 Å². The summed E-state index contributed by atoms with van der Waals surface area (Å²) in [6.45, 7) is 2.95. The van der Waals surface area contributed by atoms with Crippen LogP contribution in [0.4, 0.5) is 5.95 Å². The van der Waals surface area contributed by atoms with Gasteiger partial charge in [-0.05, 0) is 30.9 Å². The average Bonchev–Trinajstić information content (AvgIpc) is 3.43. The number of nitrogens with one attached hydrogen (secondary N) is 1. The number of rotatable bonds is 6. The molecule has 0 aliphatic carbocycles. The summed E-state index contributed by atoms with van der Waals surface area (Å²) in [6.07, 6.45) is 7.27. The first-order valence-electron chi connectivity index (χ1n) is 9.28. The van der Waals surface area contributed by atoms with Crippen molar-refractivity contribution in [3.05, 3.63) is 66.4 Å². The largest absolute Gasteiger partial charge is 0.472 e. The molecule has 1 saturated heterocycles. The Morgan fingerprint density at radius 2 is 2.04 bits per heavy atom. The monoisotopic (exact) mass is 365 g/mol. The third kappa shape index (κ3) is 4.09. The molecule has 0 radical (unpaired) electrons. The van der Waals surface area contributed by atoms with E-state index in [0.29, 0.717) is 11.5 Å². The molecular weight excluding hydrogens is 342 g/mol. The van der Waals surface area contributed by atoms with Gasteiger partial charge in [0.15, 0.2) is 0 Å². The molecule has 4 rings (SSSR count). The molecule has 7 nitrogen and oxygen atoms in total. The predicted octanol–water partition coefficient (Wildman–Crippen LogP) is 2.75. The number of likely N-dealkylation sites (tertiary alicyclic amines) is 1. The van der Waals surface area contributed by atoms with Crippen LogP contribution >= 0.6 is 0 Å². The van der Waals surface area contributed by atoms with E-state index in [1.807, 2.05) is 6.07 Å². The number of amides is 1. The predicted molar refractivity (Wildman–Crippen MR) is 102 cm³/mol. The molecule has 3 aromatic rings. The molecule has 0 unspecified atom stereocenters. The minimum atomic E-state index is -0.108. The lowest BCUT2D eigenvalue weighted by molar-refractivity contribution is 0.0957. The Morgan fingerprint density at radius 1 is 1.22 bits per heavy atom. The average molecular weight is 365 g/mol. The SMILES string of the molecule is O=C(c1ccoc1)N(c1ncn[nH]1)C1CCN(CCc2ccccc2)CC1. The Hall–Kier alpha value is -2.93. The number of nitrogens with zero attached hydrogens (tertiary/aromatic N) is 4. The molecule has 0 spiro atoms. The summed E-state index contributed by atoms with van der Waals surface area (Å²) in [5, 5.41) is 6.75. The van der Waals surface area contributed by atoms with Crippen LogP contribution in [0.15, 0.2) is 59.7 Å². The second-order valence-electron chi connectivity index (χ2n) is 6.80. The van der Waals surface area contributed by atoms with Crippen LogP contribution < -0.4 is 4.90 Å². The van der Waals surface area contributed by atoms with Gasteiger partial charge in [0, 0.05) is 25.7 Å². The van der Waals surface area contributed by atoms with E-state index in [9.17, 15) is 4.79 Å². The molecule has 3 heterocycles. The molecule has 0 saturated carbocycles. The number of aromatic amines is 1. The van der Waals surface area contributed by atoms with Crippen LogP contribution in [0.1, 0.15) is 28.8 Å². The summed E-state index contributed by atoms with van der Waals surface area (Å²) in [6, 6.07) is 12.3. The fourth-order valence-electron chi connectivity index (χ4n) is 3.61.